The summed E-state index contributed by atoms with van der Waals surface area (Å²) in [5.41, 5.74) is 5.04. The van der Waals surface area contributed by atoms with Gasteiger partial charge in [-0.15, -0.1) is 0 Å². The van der Waals surface area contributed by atoms with Crippen LogP contribution in [0.25, 0.3) is 22.0 Å². The summed E-state index contributed by atoms with van der Waals surface area (Å²) in [7, 11) is -3.71. The molecule has 0 aliphatic carbocycles. The second kappa shape index (κ2) is 7.09. The molecule has 5 heteroatoms. The van der Waals surface area contributed by atoms with Gasteiger partial charge in [-0.1, -0.05) is 65.7 Å². The molecule has 140 valence electrons. The molecule has 0 aliphatic heterocycles. The predicted octanol–water partition coefficient (Wildman–Crippen LogP) is 5.32. The van der Waals surface area contributed by atoms with Gasteiger partial charge in [-0.3, -0.25) is 4.72 Å². The molecule has 1 aromatic heterocycles. The molecule has 4 nitrogen and oxygen atoms in total. The molecule has 4 rings (SSSR count). The van der Waals surface area contributed by atoms with Crippen molar-refractivity contribution in [1.82, 2.24) is 4.98 Å². The summed E-state index contributed by atoms with van der Waals surface area (Å²) < 4.78 is 28.1. The zero-order valence-corrected chi connectivity index (χ0v) is 16.5. The topological polar surface area (TPSA) is 59.1 Å². The number of rotatable bonds is 4. The monoisotopic (exact) mass is 388 g/mol. The highest BCUT2D eigenvalue weighted by Crippen LogP contribution is 2.32. The Labute approximate surface area is 164 Å². The zero-order chi connectivity index (χ0) is 19.7. The maximum absolute atomic E-state index is 12.7. The minimum absolute atomic E-state index is 0.206. The van der Waals surface area contributed by atoms with E-state index in [-0.39, 0.29) is 4.90 Å². The highest BCUT2D eigenvalue weighted by atomic mass is 32.2. The van der Waals surface area contributed by atoms with Gasteiger partial charge in [0.1, 0.15) is 5.82 Å². The maximum Gasteiger partial charge on any atom is 0.263 e. The van der Waals surface area contributed by atoms with Crippen molar-refractivity contribution in [3.8, 4) is 11.1 Å². The standard InChI is InChI=1S/C23H20N2O2S/c1-16-12-17(2)14-18(13-16)21-15-23(24-22-11-7-6-10-20(21)22)25-28(26,27)19-8-4-3-5-9-19/h3-15H,1-2H3,(H,24,25). The first-order chi connectivity index (χ1) is 13.4. The quantitative estimate of drug-likeness (QED) is 0.515. The minimum atomic E-state index is -3.71. The van der Waals surface area contributed by atoms with Crippen molar-refractivity contribution in [2.75, 3.05) is 4.72 Å². The molecule has 0 radical (unpaired) electrons. The number of para-hydroxylation sites is 1. The molecular formula is C23H20N2O2S. The summed E-state index contributed by atoms with van der Waals surface area (Å²) in [6, 6.07) is 24.2. The first-order valence-corrected chi connectivity index (χ1v) is 10.5. The maximum atomic E-state index is 12.7. The lowest BCUT2D eigenvalue weighted by Crippen LogP contribution is -2.14. The van der Waals surface area contributed by atoms with E-state index >= 15 is 0 Å². The molecule has 28 heavy (non-hydrogen) atoms. The van der Waals surface area contributed by atoms with Crippen molar-refractivity contribution < 1.29 is 8.42 Å². The molecule has 0 saturated carbocycles. The lowest BCUT2D eigenvalue weighted by molar-refractivity contribution is 0.601. The van der Waals surface area contributed by atoms with E-state index in [1.165, 1.54) is 0 Å². The van der Waals surface area contributed by atoms with Gasteiger partial charge in [0.05, 0.1) is 10.4 Å². The Morgan fingerprint density at radius 1 is 0.786 bits per heavy atom. The molecule has 0 saturated heterocycles. The smallest absolute Gasteiger partial charge is 0.263 e. The van der Waals surface area contributed by atoms with Crippen molar-refractivity contribution in [2.45, 2.75) is 18.7 Å². The molecule has 0 aliphatic rings. The lowest BCUT2D eigenvalue weighted by Gasteiger charge is -2.13. The Balaban J connectivity index is 1.87. The highest BCUT2D eigenvalue weighted by molar-refractivity contribution is 7.92. The third-order valence-corrected chi connectivity index (χ3v) is 5.91. The van der Waals surface area contributed by atoms with Crippen LogP contribution in [0.1, 0.15) is 11.1 Å². The summed E-state index contributed by atoms with van der Waals surface area (Å²) in [6.45, 7) is 4.11. The average Bonchev–Trinajstić information content (AvgIpc) is 2.67. The van der Waals surface area contributed by atoms with Crippen LogP contribution in [-0.4, -0.2) is 13.4 Å². The van der Waals surface area contributed by atoms with E-state index in [1.54, 1.807) is 36.4 Å². The summed E-state index contributed by atoms with van der Waals surface area (Å²) in [5, 5.41) is 0.982. The van der Waals surface area contributed by atoms with Gasteiger partial charge in [0.2, 0.25) is 0 Å². The lowest BCUT2D eigenvalue weighted by atomic mass is 9.97. The molecule has 1 N–H and O–H groups in total. The molecule has 3 aromatic carbocycles. The number of sulfonamides is 1. The molecule has 0 atom stereocenters. The number of benzene rings is 3. The molecule has 4 aromatic rings. The van der Waals surface area contributed by atoms with E-state index in [9.17, 15) is 8.42 Å². The van der Waals surface area contributed by atoms with E-state index in [0.717, 1.165) is 33.2 Å². The average molecular weight is 388 g/mol. The van der Waals surface area contributed by atoms with Crippen molar-refractivity contribution in [3.05, 3.63) is 90.0 Å². The van der Waals surface area contributed by atoms with Crippen LogP contribution in [-0.2, 0) is 10.0 Å². The largest absolute Gasteiger partial charge is 0.263 e. The van der Waals surface area contributed by atoms with Crippen LogP contribution in [0.5, 0.6) is 0 Å². The number of aryl methyl sites for hydroxylation is 2. The van der Waals surface area contributed by atoms with Gasteiger partial charge in [-0.2, -0.15) is 0 Å². The van der Waals surface area contributed by atoms with Gasteiger partial charge in [-0.05, 0) is 49.2 Å². The number of hydrogen-bond donors (Lipinski definition) is 1. The Bertz CT molecular complexity index is 1250. The molecule has 0 bridgehead atoms. The summed E-state index contributed by atoms with van der Waals surface area (Å²) in [5.74, 6) is 0.303. The highest BCUT2D eigenvalue weighted by Gasteiger charge is 2.16. The van der Waals surface area contributed by atoms with Gasteiger partial charge in [0, 0.05) is 5.39 Å². The van der Waals surface area contributed by atoms with Crippen molar-refractivity contribution in [2.24, 2.45) is 0 Å². The first-order valence-electron chi connectivity index (χ1n) is 8.99. The minimum Gasteiger partial charge on any atom is -0.263 e. The third kappa shape index (κ3) is 3.62. The number of nitrogens with zero attached hydrogens (tertiary/aromatic N) is 1. The van der Waals surface area contributed by atoms with E-state index in [0.29, 0.717) is 5.82 Å². The van der Waals surface area contributed by atoms with E-state index in [2.05, 4.69) is 41.8 Å². The zero-order valence-electron chi connectivity index (χ0n) is 15.7. The Hall–Kier alpha value is -3.18. The van der Waals surface area contributed by atoms with Crippen LogP contribution < -0.4 is 4.72 Å². The Morgan fingerprint density at radius 3 is 2.14 bits per heavy atom. The van der Waals surface area contributed by atoms with Crippen molar-refractivity contribution in [1.29, 1.82) is 0 Å². The Kier molecular flexibility index (Phi) is 4.61. The summed E-state index contributed by atoms with van der Waals surface area (Å²) in [6.07, 6.45) is 0. The first kappa shape index (κ1) is 18.2. The van der Waals surface area contributed by atoms with Crippen molar-refractivity contribution in [3.63, 3.8) is 0 Å². The molecule has 0 unspecified atom stereocenters. The normalized spacial score (nSPS) is 11.5. The number of pyridine rings is 1. The fraction of sp³-hybridized carbons (Fsp3) is 0.0870. The van der Waals surface area contributed by atoms with Gasteiger partial charge >= 0.3 is 0 Å². The van der Waals surface area contributed by atoms with Crippen LogP contribution in [0.15, 0.2) is 83.8 Å². The van der Waals surface area contributed by atoms with E-state index < -0.39 is 10.0 Å². The predicted molar refractivity (Wildman–Crippen MR) is 114 cm³/mol. The molecular weight excluding hydrogens is 368 g/mol. The molecule has 1 heterocycles. The number of aromatic nitrogens is 1. The van der Waals surface area contributed by atoms with Crippen LogP contribution in [0.3, 0.4) is 0 Å². The fourth-order valence-corrected chi connectivity index (χ4v) is 4.41. The number of anilines is 1. The number of nitrogens with one attached hydrogen (secondary N) is 1. The SMILES string of the molecule is Cc1cc(C)cc(-c2cc(NS(=O)(=O)c3ccccc3)nc3ccccc23)c1. The van der Waals surface area contributed by atoms with Crippen molar-refractivity contribution >= 4 is 26.7 Å². The molecule has 0 amide bonds. The van der Waals surface area contributed by atoms with E-state index in [4.69, 9.17) is 0 Å². The van der Waals surface area contributed by atoms with Crippen LogP contribution in [0.2, 0.25) is 0 Å². The molecule has 0 spiro atoms. The van der Waals surface area contributed by atoms with Crippen LogP contribution in [0, 0.1) is 13.8 Å². The van der Waals surface area contributed by atoms with Gasteiger partial charge in [0.15, 0.2) is 0 Å². The fourth-order valence-electron chi connectivity index (χ4n) is 3.39. The van der Waals surface area contributed by atoms with Crippen LogP contribution in [0.4, 0.5) is 5.82 Å². The van der Waals surface area contributed by atoms with Crippen LogP contribution >= 0.6 is 0 Å². The summed E-state index contributed by atoms with van der Waals surface area (Å²) in [4.78, 5) is 4.73. The number of fused-ring (bicyclic) bond motifs is 1. The second-order valence-corrected chi connectivity index (χ2v) is 8.55. The number of hydrogen-bond acceptors (Lipinski definition) is 3. The van der Waals surface area contributed by atoms with E-state index in [1.807, 2.05) is 24.3 Å². The Morgan fingerprint density at radius 2 is 1.43 bits per heavy atom. The van der Waals surface area contributed by atoms with Gasteiger partial charge in [-0.25, -0.2) is 13.4 Å². The molecule has 0 fully saturated rings. The van der Waals surface area contributed by atoms with Gasteiger partial charge in [0.25, 0.3) is 10.0 Å². The van der Waals surface area contributed by atoms with Gasteiger partial charge < -0.3 is 0 Å². The second-order valence-electron chi connectivity index (χ2n) is 6.87. The summed E-state index contributed by atoms with van der Waals surface area (Å²) >= 11 is 0. The third-order valence-electron chi connectivity index (χ3n) is 4.54.